The molecule has 2 aromatic rings. The van der Waals surface area contributed by atoms with Crippen LogP contribution in [0.25, 0.3) is 11.1 Å². The van der Waals surface area contributed by atoms with Gasteiger partial charge in [0.25, 0.3) is 0 Å². The SMILES string of the molecule is N#Cc1ccc(C=O)cc1-c1cccc(Cl)c1. The van der Waals surface area contributed by atoms with E-state index < -0.39 is 0 Å². The van der Waals surface area contributed by atoms with Gasteiger partial charge in [-0.2, -0.15) is 5.26 Å². The van der Waals surface area contributed by atoms with E-state index in [1.165, 1.54) is 0 Å². The van der Waals surface area contributed by atoms with E-state index in [-0.39, 0.29) is 0 Å². The van der Waals surface area contributed by atoms with E-state index in [0.717, 1.165) is 17.4 Å². The fourth-order valence-electron chi connectivity index (χ4n) is 1.63. The van der Waals surface area contributed by atoms with Gasteiger partial charge in [-0.05, 0) is 29.8 Å². The summed E-state index contributed by atoms with van der Waals surface area (Å²) in [4.78, 5) is 10.7. The third-order valence-electron chi connectivity index (χ3n) is 2.44. The molecule has 0 saturated carbocycles. The molecule has 0 atom stereocenters. The quantitative estimate of drug-likeness (QED) is 0.753. The van der Waals surface area contributed by atoms with E-state index in [1.54, 1.807) is 30.3 Å². The predicted octanol–water partition coefficient (Wildman–Crippen LogP) is 3.69. The highest BCUT2D eigenvalue weighted by atomic mass is 35.5. The first-order valence-electron chi connectivity index (χ1n) is 5.00. The number of aldehydes is 1. The molecule has 0 unspecified atom stereocenters. The Bertz CT molecular complexity index is 614. The van der Waals surface area contributed by atoms with Gasteiger partial charge in [0.05, 0.1) is 11.6 Å². The third kappa shape index (κ3) is 2.35. The summed E-state index contributed by atoms with van der Waals surface area (Å²) in [5.41, 5.74) is 2.62. The largest absolute Gasteiger partial charge is 0.298 e. The molecule has 0 aliphatic heterocycles. The molecular weight excluding hydrogens is 234 g/mol. The van der Waals surface area contributed by atoms with Crippen LogP contribution in [0.4, 0.5) is 0 Å². The molecule has 2 aromatic carbocycles. The first-order valence-corrected chi connectivity index (χ1v) is 5.37. The van der Waals surface area contributed by atoms with Crippen LogP contribution in [0.15, 0.2) is 42.5 Å². The Morgan fingerprint density at radius 3 is 2.65 bits per heavy atom. The van der Waals surface area contributed by atoms with Gasteiger partial charge in [0, 0.05) is 16.1 Å². The van der Waals surface area contributed by atoms with Crippen LogP contribution in [0.1, 0.15) is 15.9 Å². The van der Waals surface area contributed by atoms with Gasteiger partial charge < -0.3 is 0 Å². The molecule has 0 saturated heterocycles. The Morgan fingerprint density at radius 1 is 1.18 bits per heavy atom. The predicted molar refractivity (Wildman–Crippen MR) is 67.0 cm³/mol. The molecule has 0 spiro atoms. The Hall–Kier alpha value is -2.11. The summed E-state index contributed by atoms with van der Waals surface area (Å²) in [6.07, 6.45) is 0.759. The minimum atomic E-state index is 0.526. The minimum absolute atomic E-state index is 0.526. The number of hydrogen-bond donors (Lipinski definition) is 0. The Kier molecular flexibility index (Phi) is 3.22. The molecule has 0 radical (unpaired) electrons. The van der Waals surface area contributed by atoms with Crippen LogP contribution in [-0.4, -0.2) is 6.29 Å². The smallest absolute Gasteiger partial charge is 0.150 e. The molecule has 0 bridgehead atoms. The molecule has 0 fully saturated rings. The van der Waals surface area contributed by atoms with Crippen molar-refractivity contribution in [1.29, 1.82) is 5.26 Å². The highest BCUT2D eigenvalue weighted by Gasteiger charge is 2.06. The molecule has 0 N–H and O–H groups in total. The van der Waals surface area contributed by atoms with Crippen molar-refractivity contribution < 1.29 is 4.79 Å². The van der Waals surface area contributed by atoms with E-state index in [1.807, 2.05) is 12.1 Å². The van der Waals surface area contributed by atoms with Crippen LogP contribution in [0.5, 0.6) is 0 Å². The monoisotopic (exact) mass is 241 g/mol. The molecule has 0 aromatic heterocycles. The molecule has 0 heterocycles. The summed E-state index contributed by atoms with van der Waals surface area (Å²) < 4.78 is 0. The molecule has 17 heavy (non-hydrogen) atoms. The van der Waals surface area contributed by atoms with Crippen molar-refractivity contribution in [3.8, 4) is 17.2 Å². The number of nitrogens with zero attached hydrogens (tertiary/aromatic N) is 1. The number of carbonyl (C=O) groups excluding carboxylic acids is 1. The van der Waals surface area contributed by atoms with Crippen LogP contribution in [0, 0.1) is 11.3 Å². The summed E-state index contributed by atoms with van der Waals surface area (Å²) in [7, 11) is 0. The average molecular weight is 242 g/mol. The lowest BCUT2D eigenvalue weighted by Gasteiger charge is -2.05. The zero-order chi connectivity index (χ0) is 12.3. The van der Waals surface area contributed by atoms with Crippen LogP contribution >= 0.6 is 11.6 Å². The maximum Gasteiger partial charge on any atom is 0.150 e. The Labute approximate surface area is 104 Å². The first kappa shape index (κ1) is 11.4. The van der Waals surface area contributed by atoms with Gasteiger partial charge in [-0.15, -0.1) is 0 Å². The van der Waals surface area contributed by atoms with Crippen molar-refractivity contribution in [1.82, 2.24) is 0 Å². The molecule has 0 aliphatic rings. The molecular formula is C14H8ClNO. The molecule has 2 rings (SSSR count). The second kappa shape index (κ2) is 4.82. The lowest BCUT2D eigenvalue weighted by molar-refractivity contribution is 0.112. The standard InChI is InChI=1S/C14H8ClNO/c15-13-3-1-2-11(7-13)14-6-10(9-17)4-5-12(14)8-16/h1-7,9H. The van der Waals surface area contributed by atoms with Crippen molar-refractivity contribution >= 4 is 17.9 Å². The van der Waals surface area contributed by atoms with Gasteiger partial charge in [-0.25, -0.2) is 0 Å². The third-order valence-corrected chi connectivity index (χ3v) is 2.67. The van der Waals surface area contributed by atoms with Crippen molar-refractivity contribution in [2.75, 3.05) is 0 Å². The second-order valence-corrected chi connectivity index (χ2v) is 3.98. The van der Waals surface area contributed by atoms with E-state index in [0.29, 0.717) is 16.1 Å². The van der Waals surface area contributed by atoms with E-state index in [2.05, 4.69) is 6.07 Å². The summed E-state index contributed by atoms with van der Waals surface area (Å²) in [6, 6.07) is 14.3. The minimum Gasteiger partial charge on any atom is -0.298 e. The van der Waals surface area contributed by atoms with Crippen molar-refractivity contribution in [2.45, 2.75) is 0 Å². The summed E-state index contributed by atoms with van der Waals surface area (Å²) in [6.45, 7) is 0. The maximum absolute atomic E-state index is 10.7. The lowest BCUT2D eigenvalue weighted by atomic mass is 9.98. The van der Waals surface area contributed by atoms with Crippen molar-refractivity contribution in [3.63, 3.8) is 0 Å². The van der Waals surface area contributed by atoms with Crippen LogP contribution in [0.3, 0.4) is 0 Å². The topological polar surface area (TPSA) is 40.9 Å². The van der Waals surface area contributed by atoms with Gasteiger partial charge in [0.2, 0.25) is 0 Å². The van der Waals surface area contributed by atoms with Crippen molar-refractivity contribution in [3.05, 3.63) is 58.6 Å². The van der Waals surface area contributed by atoms with Gasteiger partial charge in [0.1, 0.15) is 6.29 Å². The zero-order valence-electron chi connectivity index (χ0n) is 8.85. The van der Waals surface area contributed by atoms with Crippen LogP contribution in [0.2, 0.25) is 5.02 Å². The maximum atomic E-state index is 10.7. The Morgan fingerprint density at radius 2 is 2.00 bits per heavy atom. The van der Waals surface area contributed by atoms with Gasteiger partial charge in [0.15, 0.2) is 0 Å². The molecule has 82 valence electrons. The summed E-state index contributed by atoms with van der Waals surface area (Å²) >= 11 is 5.91. The number of rotatable bonds is 2. The first-order chi connectivity index (χ1) is 8.24. The molecule has 0 aliphatic carbocycles. The van der Waals surface area contributed by atoms with Crippen molar-refractivity contribution in [2.24, 2.45) is 0 Å². The Balaban J connectivity index is 2.65. The molecule has 0 amide bonds. The van der Waals surface area contributed by atoms with Crippen LogP contribution in [-0.2, 0) is 0 Å². The zero-order valence-corrected chi connectivity index (χ0v) is 9.61. The molecule has 2 nitrogen and oxygen atoms in total. The fourth-order valence-corrected chi connectivity index (χ4v) is 1.82. The average Bonchev–Trinajstić information content (AvgIpc) is 2.38. The van der Waals surface area contributed by atoms with Gasteiger partial charge >= 0.3 is 0 Å². The van der Waals surface area contributed by atoms with E-state index >= 15 is 0 Å². The number of carbonyl (C=O) groups is 1. The normalized spacial score (nSPS) is 9.65. The summed E-state index contributed by atoms with van der Waals surface area (Å²) in [5.74, 6) is 0. The summed E-state index contributed by atoms with van der Waals surface area (Å²) in [5, 5.41) is 9.64. The van der Waals surface area contributed by atoms with Gasteiger partial charge in [-0.1, -0.05) is 29.8 Å². The van der Waals surface area contributed by atoms with E-state index in [9.17, 15) is 4.79 Å². The second-order valence-electron chi connectivity index (χ2n) is 3.55. The number of halogens is 1. The molecule has 3 heteroatoms. The number of nitriles is 1. The lowest BCUT2D eigenvalue weighted by Crippen LogP contribution is -1.88. The highest BCUT2D eigenvalue weighted by Crippen LogP contribution is 2.26. The number of benzene rings is 2. The fraction of sp³-hybridized carbons (Fsp3) is 0. The van der Waals surface area contributed by atoms with Gasteiger partial charge in [-0.3, -0.25) is 4.79 Å². The van der Waals surface area contributed by atoms with E-state index in [4.69, 9.17) is 16.9 Å². The highest BCUT2D eigenvalue weighted by molar-refractivity contribution is 6.30. The van der Waals surface area contributed by atoms with Crippen LogP contribution < -0.4 is 0 Å². The number of hydrogen-bond acceptors (Lipinski definition) is 2.